The van der Waals surface area contributed by atoms with Crippen molar-refractivity contribution in [2.45, 2.75) is 13.0 Å². The van der Waals surface area contributed by atoms with E-state index in [9.17, 15) is 0 Å². The first-order valence-electron chi connectivity index (χ1n) is 5.07. The van der Waals surface area contributed by atoms with Gasteiger partial charge in [0, 0.05) is 12.7 Å². The molecule has 1 aromatic heterocycles. The molecule has 3 nitrogen and oxygen atoms in total. The fraction of sp³-hybridized carbons (Fsp3) is 0.250. The number of aromatic nitrogens is 2. The lowest BCUT2D eigenvalue weighted by Crippen LogP contribution is -2.20. The van der Waals surface area contributed by atoms with Gasteiger partial charge in [-0.1, -0.05) is 30.3 Å². The molecular weight excluding hydrogens is 222 g/mol. The Morgan fingerprint density at radius 1 is 1.31 bits per heavy atom. The van der Waals surface area contributed by atoms with Crippen molar-refractivity contribution in [1.29, 1.82) is 0 Å². The third-order valence-electron chi connectivity index (χ3n) is 2.46. The summed E-state index contributed by atoms with van der Waals surface area (Å²) in [5.74, 6) is 0. The molecule has 16 heavy (non-hydrogen) atoms. The highest BCUT2D eigenvalue weighted by molar-refractivity contribution is 5.85. The van der Waals surface area contributed by atoms with Gasteiger partial charge in [-0.05, 0) is 18.1 Å². The van der Waals surface area contributed by atoms with Crippen LogP contribution in [0.5, 0.6) is 0 Å². The fourth-order valence-electron chi connectivity index (χ4n) is 1.68. The predicted octanol–water partition coefficient (Wildman–Crippen LogP) is 2.16. The first-order valence-corrected chi connectivity index (χ1v) is 5.07. The minimum atomic E-state index is 0. The van der Waals surface area contributed by atoms with Crippen LogP contribution in [0.15, 0.2) is 42.7 Å². The number of nitrogens with zero attached hydrogens (tertiary/aromatic N) is 2. The van der Waals surface area contributed by atoms with Crippen LogP contribution in [0.1, 0.15) is 17.2 Å². The molecular formula is C12H16ClN3. The smallest absolute Gasteiger partial charge is 0.0890 e. The van der Waals surface area contributed by atoms with Gasteiger partial charge in [0.15, 0.2) is 0 Å². The summed E-state index contributed by atoms with van der Waals surface area (Å²) >= 11 is 0. The first kappa shape index (κ1) is 12.7. The average Bonchev–Trinajstić information content (AvgIpc) is 2.68. The van der Waals surface area contributed by atoms with Crippen LogP contribution in [0.3, 0.4) is 0 Å². The second kappa shape index (κ2) is 5.68. The quantitative estimate of drug-likeness (QED) is 0.889. The van der Waals surface area contributed by atoms with Gasteiger partial charge in [-0.3, -0.25) is 4.68 Å². The Labute approximate surface area is 102 Å². The number of hydrogen-bond acceptors (Lipinski definition) is 2. The highest BCUT2D eigenvalue weighted by Crippen LogP contribution is 2.16. The number of nitrogens with two attached hydrogens (primary N) is 1. The van der Waals surface area contributed by atoms with Crippen LogP contribution in [0.2, 0.25) is 0 Å². The van der Waals surface area contributed by atoms with Crippen molar-refractivity contribution in [1.82, 2.24) is 9.78 Å². The second-order valence-corrected chi connectivity index (χ2v) is 3.66. The Bertz CT molecular complexity index is 425. The molecule has 4 heteroatoms. The van der Waals surface area contributed by atoms with E-state index < -0.39 is 0 Å². The van der Waals surface area contributed by atoms with E-state index in [1.807, 2.05) is 42.2 Å². The Morgan fingerprint density at radius 3 is 2.50 bits per heavy atom. The van der Waals surface area contributed by atoms with Crippen LogP contribution in [-0.2, 0) is 0 Å². The normalized spacial score (nSPS) is 11.9. The van der Waals surface area contributed by atoms with Gasteiger partial charge >= 0.3 is 0 Å². The lowest BCUT2D eigenvalue weighted by molar-refractivity contribution is 0.532. The van der Waals surface area contributed by atoms with E-state index in [-0.39, 0.29) is 18.4 Å². The molecule has 2 N–H and O–H groups in total. The molecule has 86 valence electrons. The maximum absolute atomic E-state index is 5.79. The van der Waals surface area contributed by atoms with Crippen LogP contribution >= 0.6 is 12.4 Å². The van der Waals surface area contributed by atoms with Crippen molar-refractivity contribution in [3.05, 3.63) is 53.9 Å². The van der Waals surface area contributed by atoms with Crippen LogP contribution in [0.4, 0.5) is 0 Å². The number of benzene rings is 1. The van der Waals surface area contributed by atoms with Gasteiger partial charge in [0.1, 0.15) is 0 Å². The topological polar surface area (TPSA) is 43.8 Å². The van der Waals surface area contributed by atoms with Gasteiger partial charge in [-0.25, -0.2) is 0 Å². The molecule has 0 fully saturated rings. The molecule has 1 atom stereocenters. The molecule has 0 aliphatic rings. The molecule has 0 aliphatic carbocycles. The maximum Gasteiger partial charge on any atom is 0.0890 e. The lowest BCUT2D eigenvalue weighted by atomic mass is 10.1. The zero-order valence-corrected chi connectivity index (χ0v) is 10.0. The first-order chi connectivity index (χ1) is 7.31. The predicted molar refractivity (Wildman–Crippen MR) is 67.8 cm³/mol. The molecule has 2 aromatic rings. The molecule has 2 rings (SSSR count). The molecule has 0 saturated carbocycles. The van der Waals surface area contributed by atoms with E-state index in [2.05, 4.69) is 17.2 Å². The summed E-state index contributed by atoms with van der Waals surface area (Å²) in [5.41, 5.74) is 8.14. The minimum Gasteiger partial charge on any atom is -0.328 e. The maximum atomic E-state index is 5.79. The molecule has 1 aromatic carbocycles. The molecule has 0 radical (unpaired) electrons. The standard InChI is InChI=1S/C12H15N3.ClH/c1-10-8-14-15(9-10)12(7-13)11-5-3-2-4-6-11;/h2-6,8-9,12H,7,13H2,1H3;1H. The zero-order chi connectivity index (χ0) is 10.7. The summed E-state index contributed by atoms with van der Waals surface area (Å²) in [6.07, 6.45) is 3.87. The highest BCUT2D eigenvalue weighted by atomic mass is 35.5. The van der Waals surface area contributed by atoms with Gasteiger partial charge in [-0.15, -0.1) is 12.4 Å². The van der Waals surface area contributed by atoms with Crippen molar-refractivity contribution < 1.29 is 0 Å². The number of halogens is 1. The summed E-state index contributed by atoms with van der Waals surface area (Å²) in [4.78, 5) is 0. The third kappa shape index (κ3) is 2.62. The molecule has 0 bridgehead atoms. The zero-order valence-electron chi connectivity index (χ0n) is 9.21. The third-order valence-corrected chi connectivity index (χ3v) is 2.46. The molecule has 0 amide bonds. The van der Waals surface area contributed by atoms with Gasteiger partial charge < -0.3 is 5.73 Å². The van der Waals surface area contributed by atoms with Crippen LogP contribution in [0.25, 0.3) is 0 Å². The Hall–Kier alpha value is -1.32. The van der Waals surface area contributed by atoms with Crippen molar-refractivity contribution in [3.63, 3.8) is 0 Å². The van der Waals surface area contributed by atoms with Crippen LogP contribution in [-0.4, -0.2) is 16.3 Å². The summed E-state index contributed by atoms with van der Waals surface area (Å²) in [6, 6.07) is 10.3. The lowest BCUT2D eigenvalue weighted by Gasteiger charge is -2.15. The largest absolute Gasteiger partial charge is 0.328 e. The molecule has 0 aliphatic heterocycles. The number of hydrogen-bond donors (Lipinski definition) is 1. The van der Waals surface area contributed by atoms with Gasteiger partial charge in [0.25, 0.3) is 0 Å². The Morgan fingerprint density at radius 2 is 2.00 bits per heavy atom. The molecule has 0 spiro atoms. The minimum absolute atomic E-state index is 0. The molecule has 1 unspecified atom stereocenters. The van der Waals surface area contributed by atoms with Gasteiger partial charge in [0.2, 0.25) is 0 Å². The summed E-state index contributed by atoms with van der Waals surface area (Å²) in [5, 5.41) is 4.30. The summed E-state index contributed by atoms with van der Waals surface area (Å²) in [7, 11) is 0. The van der Waals surface area contributed by atoms with Crippen molar-refractivity contribution in [3.8, 4) is 0 Å². The average molecular weight is 238 g/mol. The van der Waals surface area contributed by atoms with Crippen LogP contribution < -0.4 is 5.73 Å². The van der Waals surface area contributed by atoms with E-state index in [0.29, 0.717) is 6.54 Å². The van der Waals surface area contributed by atoms with Gasteiger partial charge in [-0.2, -0.15) is 5.10 Å². The SMILES string of the molecule is Cc1cnn(C(CN)c2ccccc2)c1.Cl. The van der Waals surface area contributed by atoms with E-state index in [4.69, 9.17) is 5.73 Å². The number of rotatable bonds is 3. The monoisotopic (exact) mass is 237 g/mol. The Balaban J connectivity index is 0.00000128. The van der Waals surface area contributed by atoms with Crippen molar-refractivity contribution >= 4 is 12.4 Å². The number of aryl methyl sites for hydroxylation is 1. The fourth-order valence-corrected chi connectivity index (χ4v) is 1.68. The van der Waals surface area contributed by atoms with Crippen LogP contribution in [0, 0.1) is 6.92 Å². The van der Waals surface area contributed by atoms with Crippen molar-refractivity contribution in [2.75, 3.05) is 6.54 Å². The van der Waals surface area contributed by atoms with Crippen molar-refractivity contribution in [2.24, 2.45) is 5.73 Å². The van der Waals surface area contributed by atoms with E-state index >= 15 is 0 Å². The second-order valence-electron chi connectivity index (χ2n) is 3.66. The van der Waals surface area contributed by atoms with Gasteiger partial charge in [0.05, 0.1) is 12.2 Å². The summed E-state index contributed by atoms with van der Waals surface area (Å²) < 4.78 is 1.92. The van der Waals surface area contributed by atoms with E-state index in [1.165, 1.54) is 5.56 Å². The Kier molecular flexibility index (Phi) is 4.52. The summed E-state index contributed by atoms with van der Waals surface area (Å²) in [6.45, 7) is 2.59. The molecule has 1 heterocycles. The van der Waals surface area contributed by atoms with E-state index in [1.54, 1.807) is 0 Å². The highest BCUT2D eigenvalue weighted by Gasteiger charge is 2.11. The van der Waals surface area contributed by atoms with E-state index in [0.717, 1.165) is 5.56 Å². The molecule has 0 saturated heterocycles.